The number of para-hydroxylation sites is 1. The predicted octanol–water partition coefficient (Wildman–Crippen LogP) is 1.76. The maximum absolute atomic E-state index is 13.4. The van der Waals surface area contributed by atoms with Gasteiger partial charge < -0.3 is 11.1 Å². The van der Waals surface area contributed by atoms with Crippen LogP contribution in [-0.4, -0.2) is 35.4 Å². The quantitative estimate of drug-likeness (QED) is 0.749. The molecule has 6 heteroatoms. The van der Waals surface area contributed by atoms with E-state index in [1.54, 1.807) is 12.1 Å². The largest absolute Gasteiger partial charge is 0.392 e. The molecule has 0 bridgehead atoms. The molecule has 104 valence electrons. The van der Waals surface area contributed by atoms with Crippen molar-refractivity contribution in [1.82, 2.24) is 4.90 Å². The molecule has 1 aromatic rings. The summed E-state index contributed by atoms with van der Waals surface area (Å²) in [5.74, 6) is -0.734. The molecule has 0 aliphatic carbocycles. The van der Waals surface area contributed by atoms with Gasteiger partial charge in [0.05, 0.1) is 17.2 Å². The normalized spacial score (nSPS) is 10.5. The molecule has 19 heavy (non-hydrogen) atoms. The van der Waals surface area contributed by atoms with Crippen LogP contribution in [0.1, 0.15) is 13.3 Å². The minimum absolute atomic E-state index is 0.138. The smallest absolute Gasteiger partial charge is 0.238 e. The summed E-state index contributed by atoms with van der Waals surface area (Å²) in [4.78, 5) is 14.0. The molecule has 3 N–H and O–H groups in total. The average molecular weight is 283 g/mol. The number of carbonyl (C=O) groups excluding carboxylic acids is 1. The molecule has 1 rings (SSSR count). The van der Waals surface area contributed by atoms with Crippen LogP contribution in [0.25, 0.3) is 0 Å². The Morgan fingerprint density at radius 1 is 1.42 bits per heavy atom. The van der Waals surface area contributed by atoms with Crippen molar-refractivity contribution in [2.24, 2.45) is 5.73 Å². The molecule has 1 aromatic carbocycles. The first kappa shape index (κ1) is 15.5. The molecular formula is C13H18FN3OS. The minimum atomic E-state index is -0.452. The third-order valence-corrected chi connectivity index (χ3v) is 2.56. The summed E-state index contributed by atoms with van der Waals surface area (Å²) >= 11 is 4.83. The van der Waals surface area contributed by atoms with Crippen LogP contribution in [0.5, 0.6) is 0 Å². The van der Waals surface area contributed by atoms with Crippen molar-refractivity contribution < 1.29 is 9.18 Å². The van der Waals surface area contributed by atoms with Crippen LogP contribution in [0, 0.1) is 5.82 Å². The van der Waals surface area contributed by atoms with Gasteiger partial charge in [0.25, 0.3) is 0 Å². The first-order chi connectivity index (χ1) is 9.02. The number of halogens is 1. The standard InChI is InChI=1S/C13H18FN3OS/c1-2-7-17(8-12(15)19)9-13(18)16-11-6-4-3-5-10(11)14/h3-6H,2,7-9H2,1H3,(H2,15,19)(H,16,18). The average Bonchev–Trinajstić information content (AvgIpc) is 2.31. The topological polar surface area (TPSA) is 58.4 Å². The number of nitrogens with two attached hydrogens (primary N) is 1. The number of hydrogen-bond donors (Lipinski definition) is 2. The highest BCUT2D eigenvalue weighted by Crippen LogP contribution is 2.12. The SMILES string of the molecule is CCCN(CC(=O)Nc1ccccc1F)CC(N)=S. The van der Waals surface area contributed by atoms with Gasteiger partial charge in [-0.1, -0.05) is 31.3 Å². The highest BCUT2D eigenvalue weighted by atomic mass is 32.1. The number of nitrogens with one attached hydrogen (secondary N) is 1. The van der Waals surface area contributed by atoms with E-state index in [1.165, 1.54) is 12.1 Å². The number of thiocarbonyl (C=S) groups is 1. The van der Waals surface area contributed by atoms with Gasteiger partial charge in [-0.2, -0.15) is 0 Å². The molecule has 4 nitrogen and oxygen atoms in total. The van der Waals surface area contributed by atoms with Crippen molar-refractivity contribution in [3.8, 4) is 0 Å². The number of hydrogen-bond acceptors (Lipinski definition) is 3. The van der Waals surface area contributed by atoms with Crippen LogP contribution < -0.4 is 11.1 Å². The summed E-state index contributed by atoms with van der Waals surface area (Å²) in [5, 5.41) is 2.53. The fraction of sp³-hybridized carbons (Fsp3) is 0.385. The first-order valence-electron chi connectivity index (χ1n) is 6.08. The van der Waals surface area contributed by atoms with Gasteiger partial charge in [-0.3, -0.25) is 9.69 Å². The summed E-state index contributed by atoms with van der Waals surface area (Å²) in [6, 6.07) is 6.05. The summed E-state index contributed by atoms with van der Waals surface area (Å²) in [7, 11) is 0. The number of rotatable bonds is 7. The molecule has 0 radical (unpaired) electrons. The van der Waals surface area contributed by atoms with Gasteiger partial charge in [-0.15, -0.1) is 0 Å². The van der Waals surface area contributed by atoms with Crippen LogP contribution in [0.3, 0.4) is 0 Å². The lowest BCUT2D eigenvalue weighted by atomic mass is 10.3. The van der Waals surface area contributed by atoms with Crippen molar-refractivity contribution in [1.29, 1.82) is 0 Å². The van der Waals surface area contributed by atoms with Crippen LogP contribution in [0.2, 0.25) is 0 Å². The first-order valence-corrected chi connectivity index (χ1v) is 6.48. The second-order valence-electron chi connectivity index (χ2n) is 4.20. The number of nitrogens with zero attached hydrogens (tertiary/aromatic N) is 1. The van der Waals surface area contributed by atoms with E-state index >= 15 is 0 Å². The Bertz CT molecular complexity index is 453. The Hall–Kier alpha value is -1.53. The van der Waals surface area contributed by atoms with Crippen LogP contribution in [-0.2, 0) is 4.79 Å². The Kier molecular flexibility index (Phi) is 6.38. The predicted molar refractivity (Wildman–Crippen MR) is 78.5 cm³/mol. The van der Waals surface area contributed by atoms with Gasteiger partial charge in [0.15, 0.2) is 0 Å². The zero-order valence-electron chi connectivity index (χ0n) is 10.9. The minimum Gasteiger partial charge on any atom is -0.392 e. The third kappa shape index (κ3) is 5.76. The van der Waals surface area contributed by atoms with Crippen LogP contribution in [0.4, 0.5) is 10.1 Å². The van der Waals surface area contributed by atoms with Gasteiger partial charge in [0, 0.05) is 6.54 Å². The molecule has 0 unspecified atom stereocenters. The van der Waals surface area contributed by atoms with E-state index in [-0.39, 0.29) is 18.1 Å². The Balaban J connectivity index is 2.57. The molecule has 0 saturated heterocycles. The van der Waals surface area contributed by atoms with Crippen LogP contribution in [0.15, 0.2) is 24.3 Å². The summed E-state index contributed by atoms with van der Waals surface area (Å²) in [6.07, 6.45) is 0.885. The lowest BCUT2D eigenvalue weighted by Gasteiger charge is -2.20. The van der Waals surface area contributed by atoms with E-state index < -0.39 is 5.82 Å². The Labute approximate surface area is 117 Å². The zero-order chi connectivity index (χ0) is 14.3. The maximum Gasteiger partial charge on any atom is 0.238 e. The second-order valence-corrected chi connectivity index (χ2v) is 4.73. The van der Waals surface area contributed by atoms with Gasteiger partial charge in [0.2, 0.25) is 5.91 Å². The van der Waals surface area contributed by atoms with Gasteiger partial charge in [-0.25, -0.2) is 4.39 Å². The molecular weight excluding hydrogens is 265 g/mol. The van der Waals surface area contributed by atoms with E-state index in [1.807, 2.05) is 11.8 Å². The monoisotopic (exact) mass is 283 g/mol. The summed E-state index contributed by atoms with van der Waals surface area (Å²) in [6.45, 7) is 3.23. The molecule has 0 aliphatic rings. The van der Waals surface area contributed by atoms with Crippen molar-refractivity contribution >= 4 is 28.8 Å². The lowest BCUT2D eigenvalue weighted by molar-refractivity contribution is -0.117. The molecule has 1 amide bonds. The molecule has 0 saturated carbocycles. The van der Waals surface area contributed by atoms with Crippen LogP contribution >= 0.6 is 12.2 Å². The third-order valence-electron chi connectivity index (χ3n) is 2.43. The molecule has 0 aromatic heterocycles. The van der Waals surface area contributed by atoms with Crippen molar-refractivity contribution in [2.75, 3.05) is 25.0 Å². The Morgan fingerprint density at radius 2 is 2.11 bits per heavy atom. The highest BCUT2D eigenvalue weighted by molar-refractivity contribution is 7.80. The van der Waals surface area contributed by atoms with E-state index in [0.29, 0.717) is 18.1 Å². The molecule has 0 spiro atoms. The van der Waals surface area contributed by atoms with E-state index in [9.17, 15) is 9.18 Å². The van der Waals surface area contributed by atoms with Gasteiger partial charge >= 0.3 is 0 Å². The number of anilines is 1. The summed E-state index contributed by atoms with van der Waals surface area (Å²) in [5.41, 5.74) is 5.65. The van der Waals surface area contributed by atoms with Crippen molar-refractivity contribution in [3.05, 3.63) is 30.1 Å². The second kappa shape index (κ2) is 7.81. The van der Waals surface area contributed by atoms with E-state index in [2.05, 4.69) is 5.32 Å². The van der Waals surface area contributed by atoms with Gasteiger partial charge in [-0.05, 0) is 25.1 Å². The van der Waals surface area contributed by atoms with Gasteiger partial charge in [0.1, 0.15) is 5.82 Å². The van der Waals surface area contributed by atoms with Crippen molar-refractivity contribution in [3.63, 3.8) is 0 Å². The lowest BCUT2D eigenvalue weighted by Crippen LogP contribution is -2.39. The zero-order valence-corrected chi connectivity index (χ0v) is 11.7. The number of carbonyl (C=O) groups is 1. The molecule has 0 fully saturated rings. The molecule has 0 heterocycles. The highest BCUT2D eigenvalue weighted by Gasteiger charge is 2.12. The van der Waals surface area contributed by atoms with E-state index in [4.69, 9.17) is 18.0 Å². The molecule has 0 aliphatic heterocycles. The number of benzene rings is 1. The molecule has 0 atom stereocenters. The van der Waals surface area contributed by atoms with E-state index in [0.717, 1.165) is 6.42 Å². The Morgan fingerprint density at radius 3 is 2.68 bits per heavy atom. The number of amides is 1. The fourth-order valence-corrected chi connectivity index (χ4v) is 1.89. The van der Waals surface area contributed by atoms with Crippen molar-refractivity contribution in [2.45, 2.75) is 13.3 Å². The summed E-state index contributed by atoms with van der Waals surface area (Å²) < 4.78 is 13.4. The fourth-order valence-electron chi connectivity index (χ4n) is 1.71. The maximum atomic E-state index is 13.4.